The summed E-state index contributed by atoms with van der Waals surface area (Å²) in [6, 6.07) is 11.8. The fraction of sp³-hybridized carbons (Fsp3) is 0.400. The molecule has 10 heteroatoms. The highest BCUT2D eigenvalue weighted by molar-refractivity contribution is 9.10. The smallest absolute Gasteiger partial charge is 0.251 e. The van der Waals surface area contributed by atoms with Gasteiger partial charge in [-0.25, -0.2) is 0 Å². The van der Waals surface area contributed by atoms with Gasteiger partial charge in [-0.1, -0.05) is 18.2 Å². The van der Waals surface area contributed by atoms with Crippen molar-refractivity contribution in [1.29, 1.82) is 0 Å². The van der Waals surface area contributed by atoms with Gasteiger partial charge in [0.2, 0.25) is 11.8 Å². The second-order valence-electron chi connectivity index (χ2n) is 10.8. The Morgan fingerprint density at radius 3 is 2.77 bits per heavy atom. The molecule has 2 amide bonds. The molecule has 2 aliphatic rings. The van der Waals surface area contributed by atoms with Crippen molar-refractivity contribution < 1.29 is 14.3 Å². The van der Waals surface area contributed by atoms with Crippen molar-refractivity contribution in [2.24, 2.45) is 5.92 Å². The Kier molecular flexibility index (Phi) is 7.46. The van der Waals surface area contributed by atoms with Gasteiger partial charge in [0.1, 0.15) is 0 Å². The maximum atomic E-state index is 13.7. The van der Waals surface area contributed by atoms with Gasteiger partial charge in [-0.3, -0.25) is 19.5 Å². The lowest BCUT2D eigenvalue weighted by molar-refractivity contribution is -0.142. The Hall–Kier alpha value is -3.50. The molecule has 0 saturated carbocycles. The number of rotatable bonds is 6. The third-order valence-electron chi connectivity index (χ3n) is 8.42. The van der Waals surface area contributed by atoms with Crippen LogP contribution in [0.1, 0.15) is 41.9 Å². The summed E-state index contributed by atoms with van der Waals surface area (Å²) in [6.07, 6.45) is 3.89. The molecule has 1 fully saturated rings. The van der Waals surface area contributed by atoms with Crippen LogP contribution >= 0.6 is 15.9 Å². The molecule has 0 aliphatic carbocycles. The maximum Gasteiger partial charge on any atom is 0.251 e. The molecule has 208 valence electrons. The van der Waals surface area contributed by atoms with E-state index in [-0.39, 0.29) is 29.7 Å². The average molecular weight is 607 g/mol. The quantitative estimate of drug-likeness (QED) is 0.343. The van der Waals surface area contributed by atoms with Crippen LogP contribution in [0.15, 0.2) is 51.9 Å². The minimum absolute atomic E-state index is 0.0113. The number of nitrogens with zero attached hydrogens (tertiary/aromatic N) is 3. The van der Waals surface area contributed by atoms with Gasteiger partial charge in [0, 0.05) is 60.6 Å². The lowest BCUT2D eigenvalue weighted by Crippen LogP contribution is -2.42. The van der Waals surface area contributed by atoms with Gasteiger partial charge in [-0.2, -0.15) is 5.10 Å². The minimum Gasteiger partial charge on any atom is -0.383 e. The number of piperidine rings is 1. The first-order valence-corrected chi connectivity index (χ1v) is 14.5. The number of fused-ring (bicyclic) bond motifs is 4. The first-order chi connectivity index (χ1) is 19.4. The maximum absolute atomic E-state index is 13.7. The molecule has 2 N–H and O–H groups in total. The van der Waals surface area contributed by atoms with Crippen LogP contribution in [0.25, 0.3) is 21.8 Å². The van der Waals surface area contributed by atoms with Gasteiger partial charge < -0.3 is 19.5 Å². The lowest BCUT2D eigenvalue weighted by Gasteiger charge is -2.33. The van der Waals surface area contributed by atoms with Crippen molar-refractivity contribution in [2.45, 2.75) is 38.1 Å². The second-order valence-corrected chi connectivity index (χ2v) is 11.7. The zero-order chi connectivity index (χ0) is 27.8. The van der Waals surface area contributed by atoms with E-state index in [9.17, 15) is 14.4 Å². The highest BCUT2D eigenvalue weighted by Crippen LogP contribution is 2.35. The van der Waals surface area contributed by atoms with Crippen molar-refractivity contribution >= 4 is 49.6 Å². The van der Waals surface area contributed by atoms with Crippen LogP contribution in [0, 0.1) is 5.92 Å². The highest BCUT2D eigenvalue weighted by atomic mass is 79.9. The first kappa shape index (κ1) is 26.7. The topological polar surface area (TPSA) is 111 Å². The molecule has 1 atom stereocenters. The molecule has 40 heavy (non-hydrogen) atoms. The fourth-order valence-electron chi connectivity index (χ4n) is 6.23. The molecular weight excluding hydrogens is 574 g/mol. The van der Waals surface area contributed by atoms with Crippen LogP contribution in [0.3, 0.4) is 0 Å². The van der Waals surface area contributed by atoms with Gasteiger partial charge in [0.15, 0.2) is 0 Å². The monoisotopic (exact) mass is 605 g/mol. The SMILES string of the molecule is COCCN1Cc2c(cc(Br)c3[nH]ncc23)C[C@@H](CC(=O)N2CCC(c3cc4ccccc4[nH]c3=O)CC2)C1=O. The summed E-state index contributed by atoms with van der Waals surface area (Å²) < 4.78 is 6.18. The number of H-pyrrole nitrogens is 2. The molecule has 0 unspecified atom stereocenters. The molecule has 1 saturated heterocycles. The number of methoxy groups -OCH3 is 1. The minimum atomic E-state index is -0.456. The summed E-state index contributed by atoms with van der Waals surface area (Å²) in [5.74, 6) is -0.388. The Bertz CT molecular complexity index is 1640. The highest BCUT2D eigenvalue weighted by Gasteiger charge is 2.34. The van der Waals surface area contributed by atoms with E-state index in [0.717, 1.165) is 55.8 Å². The normalized spacial score (nSPS) is 18.4. The van der Waals surface area contributed by atoms with Crippen LogP contribution in [-0.4, -0.2) is 70.1 Å². The number of likely N-dealkylation sites (tertiary alicyclic amines) is 1. The van der Waals surface area contributed by atoms with Crippen molar-refractivity contribution in [1.82, 2.24) is 25.0 Å². The number of benzene rings is 2. The van der Waals surface area contributed by atoms with Gasteiger partial charge in [0.05, 0.1) is 24.2 Å². The third-order valence-corrected chi connectivity index (χ3v) is 9.05. The molecule has 0 bridgehead atoms. The van der Waals surface area contributed by atoms with Crippen LogP contribution in [-0.2, 0) is 27.3 Å². The summed E-state index contributed by atoms with van der Waals surface area (Å²) in [6.45, 7) is 2.48. The van der Waals surface area contributed by atoms with E-state index in [1.54, 1.807) is 13.3 Å². The predicted octanol–water partition coefficient (Wildman–Crippen LogP) is 4.11. The molecule has 4 heterocycles. The third kappa shape index (κ3) is 5.06. The number of carbonyl (C=O) groups excluding carboxylic acids is 2. The van der Waals surface area contributed by atoms with Crippen LogP contribution in [0.4, 0.5) is 0 Å². The van der Waals surface area contributed by atoms with Crippen molar-refractivity contribution in [3.8, 4) is 0 Å². The standard InChI is InChI=1S/C30H32BrN5O4/c1-40-11-10-36-17-24-20(14-25(31)28-23(24)16-32-34-28)12-21(30(36)39)15-27(37)35-8-6-18(7-9-35)22-13-19-4-2-3-5-26(19)33-29(22)38/h2-5,13-14,16,18,21H,6-12,15,17H2,1H3,(H,32,34)(H,33,38)/t21-/m0/s1. The van der Waals surface area contributed by atoms with E-state index in [4.69, 9.17) is 4.74 Å². The molecule has 2 aromatic carbocycles. The van der Waals surface area contributed by atoms with Crippen molar-refractivity contribution in [3.63, 3.8) is 0 Å². The largest absolute Gasteiger partial charge is 0.383 e. The molecule has 0 spiro atoms. The number of hydrogen-bond donors (Lipinski definition) is 2. The molecule has 4 aromatic rings. The van der Waals surface area contributed by atoms with Crippen LogP contribution in [0.2, 0.25) is 0 Å². The van der Waals surface area contributed by atoms with E-state index in [1.165, 1.54) is 0 Å². The van der Waals surface area contributed by atoms with Gasteiger partial charge in [-0.15, -0.1) is 0 Å². The Labute approximate surface area is 240 Å². The summed E-state index contributed by atoms with van der Waals surface area (Å²) >= 11 is 3.64. The number of aromatic nitrogens is 3. The zero-order valence-corrected chi connectivity index (χ0v) is 24.0. The number of halogens is 1. The van der Waals surface area contributed by atoms with Gasteiger partial charge >= 0.3 is 0 Å². The number of nitrogens with one attached hydrogen (secondary N) is 2. The molecule has 6 rings (SSSR count). The number of amides is 2. The van der Waals surface area contributed by atoms with E-state index in [1.807, 2.05) is 46.2 Å². The number of pyridine rings is 1. The number of hydrogen-bond acceptors (Lipinski definition) is 5. The molecule has 9 nitrogen and oxygen atoms in total. The number of para-hydroxylation sites is 1. The van der Waals surface area contributed by atoms with Crippen molar-refractivity contribution in [2.75, 3.05) is 33.4 Å². The fourth-order valence-corrected chi connectivity index (χ4v) is 6.81. The number of ether oxygens (including phenoxy) is 1. The Balaban J connectivity index is 1.18. The van der Waals surface area contributed by atoms with Crippen molar-refractivity contribution in [3.05, 3.63) is 74.1 Å². The van der Waals surface area contributed by atoms with E-state index in [2.05, 4.69) is 31.1 Å². The summed E-state index contributed by atoms with van der Waals surface area (Å²) in [7, 11) is 1.62. The summed E-state index contributed by atoms with van der Waals surface area (Å²) in [5, 5.41) is 9.25. The number of aromatic amines is 2. The van der Waals surface area contributed by atoms with Gasteiger partial charge in [0.25, 0.3) is 5.56 Å². The predicted molar refractivity (Wildman–Crippen MR) is 156 cm³/mol. The first-order valence-electron chi connectivity index (χ1n) is 13.7. The summed E-state index contributed by atoms with van der Waals surface area (Å²) in [4.78, 5) is 46.7. The Morgan fingerprint density at radius 2 is 1.98 bits per heavy atom. The molecule has 0 radical (unpaired) electrons. The summed E-state index contributed by atoms with van der Waals surface area (Å²) in [5.41, 5.74) is 4.58. The average Bonchev–Trinajstić information content (AvgIpc) is 3.42. The van der Waals surface area contributed by atoms with Crippen LogP contribution < -0.4 is 5.56 Å². The second kappa shape index (κ2) is 11.2. The van der Waals surface area contributed by atoms with E-state index >= 15 is 0 Å². The zero-order valence-electron chi connectivity index (χ0n) is 22.4. The molecule has 2 aliphatic heterocycles. The Morgan fingerprint density at radius 1 is 1.18 bits per heavy atom. The molecule has 2 aromatic heterocycles. The van der Waals surface area contributed by atoms with Gasteiger partial charge in [-0.05, 0) is 75.8 Å². The van der Waals surface area contributed by atoms with Crippen LogP contribution in [0.5, 0.6) is 0 Å². The van der Waals surface area contributed by atoms with E-state index < -0.39 is 5.92 Å². The molecular formula is C30H32BrN5O4. The lowest BCUT2D eigenvalue weighted by atomic mass is 9.88. The number of carbonyl (C=O) groups is 2. The van der Waals surface area contributed by atoms with E-state index in [0.29, 0.717) is 39.2 Å².